The quantitative estimate of drug-likeness (QED) is 0.722. The van der Waals surface area contributed by atoms with Gasteiger partial charge < -0.3 is 15.0 Å². The van der Waals surface area contributed by atoms with Crippen molar-refractivity contribution in [3.05, 3.63) is 54.1 Å². The van der Waals surface area contributed by atoms with Crippen LogP contribution in [0.25, 0.3) is 0 Å². The second-order valence-corrected chi connectivity index (χ2v) is 9.04. The lowest BCUT2D eigenvalue weighted by Crippen LogP contribution is -2.47. The third kappa shape index (κ3) is 5.96. The average Bonchev–Trinajstić information content (AvgIpc) is 2.72. The lowest BCUT2D eigenvalue weighted by atomic mass is 10.2. The summed E-state index contributed by atoms with van der Waals surface area (Å²) in [6, 6.07) is 10.0. The summed E-state index contributed by atoms with van der Waals surface area (Å²) in [6.45, 7) is 1.47. The van der Waals surface area contributed by atoms with Gasteiger partial charge >= 0.3 is 6.18 Å². The largest absolute Gasteiger partial charge is 0.484 e. The van der Waals surface area contributed by atoms with Gasteiger partial charge in [-0.05, 0) is 43.4 Å². The topological polar surface area (TPSA) is 79.0 Å². The fraction of sp³-hybridized carbons (Fsp3) is 0.350. The van der Waals surface area contributed by atoms with Crippen molar-refractivity contribution in [3.63, 3.8) is 0 Å². The molecule has 1 aliphatic heterocycles. The number of halogens is 3. The highest BCUT2D eigenvalue weighted by molar-refractivity contribution is 7.89. The Bertz CT molecular complexity index is 1040. The Morgan fingerprint density at radius 1 is 1.06 bits per heavy atom. The Labute approximate surface area is 178 Å². The predicted molar refractivity (Wildman–Crippen MR) is 108 cm³/mol. The van der Waals surface area contributed by atoms with Gasteiger partial charge in [-0.1, -0.05) is 12.1 Å². The number of anilines is 1. The molecule has 0 aliphatic carbocycles. The highest BCUT2D eigenvalue weighted by Crippen LogP contribution is 2.31. The number of hydrogen-bond acceptors (Lipinski definition) is 5. The summed E-state index contributed by atoms with van der Waals surface area (Å²) in [6.07, 6.45) is -4.52. The molecule has 168 valence electrons. The maximum Gasteiger partial charge on any atom is 0.416 e. The van der Waals surface area contributed by atoms with Gasteiger partial charge in [0.15, 0.2) is 6.61 Å². The maximum atomic E-state index is 12.8. The van der Waals surface area contributed by atoms with Gasteiger partial charge in [-0.15, -0.1) is 0 Å². The van der Waals surface area contributed by atoms with Gasteiger partial charge in [-0.25, -0.2) is 8.42 Å². The number of piperazine rings is 1. The number of rotatable bonds is 6. The Morgan fingerprint density at radius 3 is 2.42 bits per heavy atom. The molecule has 0 radical (unpaired) electrons. The number of sulfonamides is 1. The molecule has 1 fully saturated rings. The van der Waals surface area contributed by atoms with Crippen molar-refractivity contribution >= 4 is 21.6 Å². The first kappa shape index (κ1) is 23.0. The van der Waals surface area contributed by atoms with Crippen LogP contribution >= 0.6 is 0 Å². The van der Waals surface area contributed by atoms with E-state index in [0.29, 0.717) is 26.2 Å². The van der Waals surface area contributed by atoms with Crippen LogP contribution in [0.15, 0.2) is 53.4 Å². The van der Waals surface area contributed by atoms with E-state index in [1.807, 2.05) is 11.9 Å². The number of carbonyl (C=O) groups excluding carboxylic acids is 1. The summed E-state index contributed by atoms with van der Waals surface area (Å²) in [4.78, 5) is 14.2. The van der Waals surface area contributed by atoms with Crippen LogP contribution in [0.2, 0.25) is 0 Å². The molecular weight excluding hydrogens is 435 g/mol. The van der Waals surface area contributed by atoms with Crippen molar-refractivity contribution in [2.75, 3.05) is 45.2 Å². The van der Waals surface area contributed by atoms with Crippen molar-refractivity contribution in [3.8, 4) is 5.75 Å². The molecule has 0 saturated carbocycles. The lowest BCUT2D eigenvalue weighted by molar-refractivity contribution is -0.137. The molecule has 2 aromatic rings. The monoisotopic (exact) mass is 457 g/mol. The number of amides is 1. The van der Waals surface area contributed by atoms with Gasteiger partial charge in [0.05, 0.1) is 10.5 Å². The molecule has 1 saturated heterocycles. The zero-order valence-electron chi connectivity index (χ0n) is 16.7. The van der Waals surface area contributed by atoms with Gasteiger partial charge in [0.1, 0.15) is 5.75 Å². The van der Waals surface area contributed by atoms with E-state index in [9.17, 15) is 26.4 Å². The lowest BCUT2D eigenvalue weighted by Gasteiger charge is -2.31. The molecule has 0 bridgehead atoms. The van der Waals surface area contributed by atoms with E-state index in [4.69, 9.17) is 4.74 Å². The molecule has 2 aromatic carbocycles. The number of ether oxygens (including phenoxy) is 1. The summed E-state index contributed by atoms with van der Waals surface area (Å²) < 4.78 is 70.5. The standard InChI is InChI=1S/C20H22F3N3O4S/c1-25-8-10-26(11-9-25)31(28,29)18-7-3-5-16(13-18)24-19(27)14-30-17-6-2-4-15(12-17)20(21,22)23/h2-7,12-13H,8-11,14H2,1H3,(H,24,27). The summed E-state index contributed by atoms with van der Waals surface area (Å²) >= 11 is 0. The zero-order valence-corrected chi connectivity index (χ0v) is 17.5. The summed E-state index contributed by atoms with van der Waals surface area (Å²) in [5, 5.41) is 2.50. The number of nitrogens with zero attached hydrogens (tertiary/aromatic N) is 2. The molecule has 1 aliphatic rings. The van der Waals surface area contributed by atoms with E-state index in [-0.39, 0.29) is 16.3 Å². The van der Waals surface area contributed by atoms with Crippen molar-refractivity contribution in [1.82, 2.24) is 9.21 Å². The number of hydrogen-bond donors (Lipinski definition) is 1. The minimum atomic E-state index is -4.52. The van der Waals surface area contributed by atoms with Crippen LogP contribution in [0, 0.1) is 0 Å². The van der Waals surface area contributed by atoms with Crippen LogP contribution in [0.4, 0.5) is 18.9 Å². The van der Waals surface area contributed by atoms with E-state index in [1.54, 1.807) is 0 Å². The van der Waals surface area contributed by atoms with E-state index in [0.717, 1.165) is 12.1 Å². The minimum Gasteiger partial charge on any atom is -0.484 e. The second-order valence-electron chi connectivity index (χ2n) is 7.10. The molecule has 7 nitrogen and oxygen atoms in total. The molecule has 31 heavy (non-hydrogen) atoms. The van der Waals surface area contributed by atoms with Crippen LogP contribution in [-0.4, -0.2) is 63.4 Å². The van der Waals surface area contributed by atoms with Crippen molar-refractivity contribution in [1.29, 1.82) is 0 Å². The van der Waals surface area contributed by atoms with Gasteiger partial charge in [-0.3, -0.25) is 4.79 Å². The first-order chi connectivity index (χ1) is 14.6. The van der Waals surface area contributed by atoms with E-state index in [1.165, 1.54) is 40.7 Å². The summed E-state index contributed by atoms with van der Waals surface area (Å²) in [5.41, 5.74) is -0.639. The van der Waals surface area contributed by atoms with E-state index in [2.05, 4.69) is 5.32 Å². The van der Waals surface area contributed by atoms with Crippen LogP contribution < -0.4 is 10.1 Å². The number of benzene rings is 2. The Morgan fingerprint density at radius 2 is 1.74 bits per heavy atom. The van der Waals surface area contributed by atoms with E-state index < -0.39 is 34.3 Å². The van der Waals surface area contributed by atoms with Crippen molar-refractivity contribution in [2.45, 2.75) is 11.1 Å². The van der Waals surface area contributed by atoms with Crippen molar-refractivity contribution in [2.24, 2.45) is 0 Å². The molecule has 1 N–H and O–H groups in total. The van der Waals surface area contributed by atoms with Crippen LogP contribution in [-0.2, 0) is 21.0 Å². The third-order valence-corrected chi connectivity index (χ3v) is 6.64. The summed E-state index contributed by atoms with van der Waals surface area (Å²) in [7, 11) is -1.78. The van der Waals surface area contributed by atoms with Crippen LogP contribution in [0.1, 0.15) is 5.56 Å². The van der Waals surface area contributed by atoms with Crippen molar-refractivity contribution < 1.29 is 31.1 Å². The minimum absolute atomic E-state index is 0.0497. The average molecular weight is 457 g/mol. The molecule has 0 aromatic heterocycles. The molecule has 1 amide bonds. The predicted octanol–water partition coefficient (Wildman–Crippen LogP) is 2.66. The Kier molecular flexibility index (Phi) is 6.87. The molecule has 0 spiro atoms. The summed E-state index contributed by atoms with van der Waals surface area (Å²) in [5.74, 6) is -0.733. The fourth-order valence-electron chi connectivity index (χ4n) is 3.02. The van der Waals surface area contributed by atoms with Crippen LogP contribution in [0.3, 0.4) is 0 Å². The maximum absolute atomic E-state index is 12.8. The van der Waals surface area contributed by atoms with E-state index >= 15 is 0 Å². The zero-order chi connectivity index (χ0) is 22.6. The highest BCUT2D eigenvalue weighted by Gasteiger charge is 2.31. The number of nitrogens with one attached hydrogen (secondary N) is 1. The first-order valence-corrected chi connectivity index (χ1v) is 10.9. The van der Waals surface area contributed by atoms with Crippen LogP contribution in [0.5, 0.6) is 5.75 Å². The third-order valence-electron chi connectivity index (χ3n) is 4.75. The highest BCUT2D eigenvalue weighted by atomic mass is 32.2. The SMILES string of the molecule is CN1CCN(S(=O)(=O)c2cccc(NC(=O)COc3cccc(C(F)(F)F)c3)c2)CC1. The number of likely N-dealkylation sites (N-methyl/N-ethyl adjacent to an activating group) is 1. The fourth-order valence-corrected chi connectivity index (χ4v) is 4.49. The first-order valence-electron chi connectivity index (χ1n) is 9.44. The smallest absolute Gasteiger partial charge is 0.416 e. The molecule has 0 atom stereocenters. The number of alkyl halides is 3. The molecular formula is C20H22F3N3O4S. The Hall–Kier alpha value is -2.63. The second kappa shape index (κ2) is 9.25. The molecule has 1 heterocycles. The van der Waals surface area contributed by atoms with Gasteiger partial charge in [0, 0.05) is 31.9 Å². The van der Waals surface area contributed by atoms with Gasteiger partial charge in [0.25, 0.3) is 5.91 Å². The van der Waals surface area contributed by atoms with Gasteiger partial charge in [0.2, 0.25) is 10.0 Å². The van der Waals surface area contributed by atoms with Gasteiger partial charge in [-0.2, -0.15) is 17.5 Å². The normalized spacial score (nSPS) is 16.1. The molecule has 11 heteroatoms. The molecule has 3 rings (SSSR count). The molecule has 0 unspecified atom stereocenters. The number of carbonyl (C=O) groups is 1. The Balaban J connectivity index is 1.62.